The molecule has 1 aliphatic rings. The van der Waals surface area contributed by atoms with E-state index in [1.54, 1.807) is 0 Å². The van der Waals surface area contributed by atoms with Crippen LogP contribution in [-0.2, 0) is 0 Å². The Labute approximate surface area is 55.4 Å². The second-order valence-corrected chi connectivity index (χ2v) is 2.26. The number of halogens is 4. The van der Waals surface area contributed by atoms with E-state index in [0.29, 0.717) is 4.90 Å². The van der Waals surface area contributed by atoms with Crippen LogP contribution in [-0.4, -0.2) is 29.7 Å². The minimum absolute atomic E-state index is 0.236. The molecule has 54 valence electrons. The molecule has 0 N–H and O–H groups in total. The summed E-state index contributed by atoms with van der Waals surface area (Å²) in [4.78, 5) is 0.671. The van der Waals surface area contributed by atoms with Crippen molar-refractivity contribution in [1.82, 2.24) is 4.90 Å². The van der Waals surface area contributed by atoms with Crippen LogP contribution in [0.4, 0.5) is 13.2 Å². The molecule has 0 spiro atoms. The Morgan fingerprint density at radius 3 is 2.00 bits per heavy atom. The Morgan fingerprint density at radius 1 is 1.44 bits per heavy atom. The number of hydrogen-bond acceptors (Lipinski definition) is 1. The highest BCUT2D eigenvalue weighted by Crippen LogP contribution is 2.33. The molecule has 1 heterocycles. The third-order valence-electron chi connectivity index (χ3n) is 1.13. The van der Waals surface area contributed by atoms with E-state index in [2.05, 4.69) is 11.6 Å². The molecule has 5 heteroatoms. The van der Waals surface area contributed by atoms with Gasteiger partial charge in [-0.05, 0) is 0 Å². The van der Waals surface area contributed by atoms with Crippen LogP contribution in [0.1, 0.15) is 0 Å². The molecule has 0 aliphatic carbocycles. The van der Waals surface area contributed by atoms with Crippen LogP contribution in [0.15, 0.2) is 0 Å². The number of nitrogens with zero attached hydrogens (tertiary/aromatic N) is 1. The summed E-state index contributed by atoms with van der Waals surface area (Å²) in [5, 5.41) is 0. The fourth-order valence-corrected chi connectivity index (χ4v) is 0.624. The number of alkyl halides is 4. The first-order chi connectivity index (χ1) is 4.05. The van der Waals surface area contributed by atoms with Crippen molar-refractivity contribution in [3.63, 3.8) is 0 Å². The third-order valence-corrected chi connectivity index (χ3v) is 1.39. The van der Waals surface area contributed by atoms with Crippen LogP contribution in [0.5, 0.6) is 0 Å². The molecule has 0 saturated carbocycles. The summed E-state index contributed by atoms with van der Waals surface area (Å²) in [6, 6.07) is -3.46. The van der Waals surface area contributed by atoms with Crippen molar-refractivity contribution in [2.75, 3.05) is 13.1 Å². The molecule has 0 aromatic rings. The summed E-state index contributed by atoms with van der Waals surface area (Å²) < 4.78 is 36.0. The van der Waals surface area contributed by atoms with Crippen LogP contribution < -0.4 is 0 Å². The van der Waals surface area contributed by atoms with Crippen LogP contribution in [0.3, 0.4) is 0 Å². The first kappa shape index (κ1) is 7.15. The lowest BCUT2D eigenvalue weighted by molar-refractivity contribution is -0.120. The molecule has 0 bridgehead atoms. The average Bonchev–Trinajstić information content (AvgIpc) is 2.42. The predicted octanol–water partition coefficient (Wildman–Crippen LogP) is 1.43. The van der Waals surface area contributed by atoms with Crippen molar-refractivity contribution in [2.45, 2.75) is 11.7 Å². The van der Waals surface area contributed by atoms with Crippen molar-refractivity contribution in [3.8, 4) is 0 Å². The van der Waals surface area contributed by atoms with Gasteiger partial charge < -0.3 is 0 Å². The number of rotatable bonds is 2. The molecule has 1 fully saturated rings. The van der Waals surface area contributed by atoms with Gasteiger partial charge in [0.2, 0.25) is 0 Å². The molecule has 1 unspecified atom stereocenters. The van der Waals surface area contributed by atoms with Gasteiger partial charge in [0.05, 0.1) is 0 Å². The molecule has 0 aromatic heterocycles. The Kier molecular flexibility index (Phi) is 1.61. The van der Waals surface area contributed by atoms with Crippen molar-refractivity contribution in [3.05, 3.63) is 0 Å². The van der Waals surface area contributed by atoms with Crippen molar-refractivity contribution in [2.24, 2.45) is 0 Å². The zero-order valence-corrected chi connectivity index (χ0v) is 5.21. The van der Waals surface area contributed by atoms with Gasteiger partial charge in [-0.15, -0.1) is 0 Å². The largest absolute Gasteiger partial charge is 0.349 e. The summed E-state index contributed by atoms with van der Waals surface area (Å²) in [6.45, 7) is 0.473. The van der Waals surface area contributed by atoms with E-state index in [1.807, 2.05) is 0 Å². The highest BCUT2D eigenvalue weighted by atomic mass is 35.5. The topological polar surface area (TPSA) is 3.01 Å². The Morgan fingerprint density at radius 2 is 1.89 bits per heavy atom. The summed E-state index contributed by atoms with van der Waals surface area (Å²) >= 11 is 4.55. The molecule has 1 rings (SSSR count). The van der Waals surface area contributed by atoms with Gasteiger partial charge in [-0.2, -0.15) is 8.78 Å². The minimum Gasteiger partial charge on any atom is -0.238 e. The predicted molar refractivity (Wildman–Crippen MR) is 27.3 cm³/mol. The lowest BCUT2D eigenvalue weighted by Crippen LogP contribution is -2.34. The molecule has 1 aliphatic heterocycles. The smallest absolute Gasteiger partial charge is 0.238 e. The van der Waals surface area contributed by atoms with Gasteiger partial charge in [-0.25, -0.2) is 9.29 Å². The van der Waals surface area contributed by atoms with Gasteiger partial charge in [-0.1, -0.05) is 11.6 Å². The van der Waals surface area contributed by atoms with Crippen molar-refractivity contribution < 1.29 is 13.2 Å². The normalized spacial score (nSPS) is 24.0. The molecule has 1 atom stereocenters. The van der Waals surface area contributed by atoms with E-state index in [9.17, 15) is 13.2 Å². The average molecular weight is 160 g/mol. The maximum atomic E-state index is 12.2. The maximum absolute atomic E-state index is 12.2. The minimum atomic E-state index is -3.46. The lowest BCUT2D eigenvalue weighted by atomic mass is 10.6. The molecule has 9 heavy (non-hydrogen) atoms. The van der Waals surface area contributed by atoms with E-state index < -0.39 is 11.7 Å². The molecule has 1 saturated heterocycles. The zero-order valence-electron chi connectivity index (χ0n) is 4.45. The quantitative estimate of drug-likeness (QED) is 0.335. The Balaban J connectivity index is 2.48. The summed E-state index contributed by atoms with van der Waals surface area (Å²) in [7, 11) is 0. The van der Waals surface area contributed by atoms with Crippen molar-refractivity contribution in [1.29, 1.82) is 0 Å². The molecule has 1 nitrogen and oxygen atoms in total. The van der Waals surface area contributed by atoms with Gasteiger partial charge in [0.1, 0.15) is 0 Å². The second kappa shape index (κ2) is 2.02. The van der Waals surface area contributed by atoms with Gasteiger partial charge in [0.15, 0.2) is 0 Å². The standard InChI is InChI=1S/C4H5ClF3N/c5-3(6)4(7,8)9-1-2-9/h3H,1-2H2. The Hall–Kier alpha value is 0.0400. The highest BCUT2D eigenvalue weighted by Gasteiger charge is 2.50. The van der Waals surface area contributed by atoms with Gasteiger partial charge in [-0.3, -0.25) is 0 Å². The fraction of sp³-hybridized carbons (Fsp3) is 1.00. The molecular weight excluding hydrogens is 154 g/mol. The van der Waals surface area contributed by atoms with E-state index in [4.69, 9.17) is 0 Å². The zero-order chi connectivity index (χ0) is 7.07. The van der Waals surface area contributed by atoms with Gasteiger partial charge in [0, 0.05) is 13.1 Å². The van der Waals surface area contributed by atoms with E-state index in [0.717, 1.165) is 0 Å². The monoisotopic (exact) mass is 159 g/mol. The van der Waals surface area contributed by atoms with Gasteiger partial charge >= 0.3 is 6.05 Å². The highest BCUT2D eigenvalue weighted by molar-refractivity contribution is 6.20. The first-order valence-corrected chi connectivity index (χ1v) is 2.90. The molecule has 0 radical (unpaired) electrons. The summed E-state index contributed by atoms with van der Waals surface area (Å²) in [6.07, 6.45) is 0. The SMILES string of the molecule is FC(Cl)C(F)(F)N1CC1. The second-order valence-electron chi connectivity index (χ2n) is 1.88. The van der Waals surface area contributed by atoms with Crippen LogP contribution in [0, 0.1) is 0 Å². The first-order valence-electron chi connectivity index (χ1n) is 2.46. The van der Waals surface area contributed by atoms with Gasteiger partial charge in [0.25, 0.3) is 5.63 Å². The lowest BCUT2D eigenvalue weighted by Gasteiger charge is -2.15. The van der Waals surface area contributed by atoms with E-state index in [1.165, 1.54) is 0 Å². The molecule has 0 amide bonds. The molecular formula is C4H5ClF3N. The van der Waals surface area contributed by atoms with Crippen LogP contribution in [0.2, 0.25) is 0 Å². The van der Waals surface area contributed by atoms with Crippen LogP contribution in [0.25, 0.3) is 0 Å². The summed E-state index contributed by atoms with van der Waals surface area (Å²) in [5.41, 5.74) is -2.58. The number of hydrogen-bond donors (Lipinski definition) is 0. The third kappa shape index (κ3) is 1.30. The summed E-state index contributed by atoms with van der Waals surface area (Å²) in [5.74, 6) is 0. The van der Waals surface area contributed by atoms with Crippen LogP contribution >= 0.6 is 11.6 Å². The molecule has 0 aromatic carbocycles. The van der Waals surface area contributed by atoms with Crippen molar-refractivity contribution >= 4 is 11.6 Å². The van der Waals surface area contributed by atoms with E-state index >= 15 is 0 Å². The maximum Gasteiger partial charge on any atom is 0.349 e. The Bertz CT molecular complexity index is 108. The van der Waals surface area contributed by atoms with E-state index in [-0.39, 0.29) is 13.1 Å². The fourth-order valence-electron chi connectivity index (χ4n) is 0.486.